The predicted octanol–water partition coefficient (Wildman–Crippen LogP) is 5.41. The molecule has 0 nitrogen and oxygen atoms in total. The van der Waals surface area contributed by atoms with E-state index < -0.39 is 22.9 Å². The Labute approximate surface area is 104 Å². The molecule has 0 aliphatic carbocycles. The second kappa shape index (κ2) is 5.62. The van der Waals surface area contributed by atoms with Gasteiger partial charge in [-0.25, -0.2) is 13.2 Å². The molecule has 0 aromatic rings. The normalized spacial score (nSPS) is 24.5. The lowest BCUT2D eigenvalue weighted by atomic mass is 9.68. The van der Waals surface area contributed by atoms with Crippen molar-refractivity contribution >= 4 is 0 Å². The molecule has 0 heterocycles. The van der Waals surface area contributed by atoms with E-state index in [0.29, 0.717) is 6.42 Å². The number of hydrogen-bond donors (Lipinski definition) is 0. The maximum absolute atomic E-state index is 14.9. The van der Waals surface area contributed by atoms with Crippen molar-refractivity contribution in [2.24, 2.45) is 5.92 Å². The third kappa shape index (κ3) is 3.17. The summed E-state index contributed by atoms with van der Waals surface area (Å²) in [6, 6.07) is 0. The highest BCUT2D eigenvalue weighted by Gasteiger charge is 2.56. The fourth-order valence-corrected chi connectivity index (χ4v) is 2.60. The average molecular weight is 252 g/mol. The fourth-order valence-electron chi connectivity index (χ4n) is 2.60. The van der Waals surface area contributed by atoms with Gasteiger partial charge in [0, 0.05) is 5.92 Å². The van der Waals surface area contributed by atoms with E-state index >= 15 is 0 Å². The van der Waals surface area contributed by atoms with E-state index in [1.165, 1.54) is 20.8 Å². The lowest BCUT2D eigenvalue weighted by Crippen LogP contribution is -2.55. The van der Waals surface area contributed by atoms with Crippen molar-refractivity contribution in [3.63, 3.8) is 0 Å². The van der Waals surface area contributed by atoms with Crippen molar-refractivity contribution in [1.82, 2.24) is 0 Å². The van der Waals surface area contributed by atoms with Crippen molar-refractivity contribution < 1.29 is 13.2 Å². The van der Waals surface area contributed by atoms with Crippen LogP contribution in [0.25, 0.3) is 0 Å². The Hall–Kier alpha value is -0.210. The standard InChI is InChI=1S/C14H27F3/c1-7-10-12(5,15)11(4)14(17,9-3)13(6,16)8-2/h11H,7-10H2,1-6H3. The van der Waals surface area contributed by atoms with Crippen LogP contribution in [0.5, 0.6) is 0 Å². The first-order valence-electron chi connectivity index (χ1n) is 6.65. The van der Waals surface area contributed by atoms with Crippen LogP contribution < -0.4 is 0 Å². The smallest absolute Gasteiger partial charge is 0.149 e. The highest BCUT2D eigenvalue weighted by Crippen LogP contribution is 2.48. The Kier molecular flexibility index (Phi) is 5.55. The van der Waals surface area contributed by atoms with E-state index in [1.807, 2.05) is 6.92 Å². The van der Waals surface area contributed by atoms with Gasteiger partial charge < -0.3 is 0 Å². The summed E-state index contributed by atoms with van der Waals surface area (Å²) in [4.78, 5) is 0. The molecule has 0 radical (unpaired) electrons. The molecule has 0 N–H and O–H groups in total. The minimum absolute atomic E-state index is 0.00176. The molecule has 4 unspecified atom stereocenters. The first-order chi connectivity index (χ1) is 7.59. The molecule has 0 aromatic heterocycles. The molecular weight excluding hydrogens is 225 g/mol. The summed E-state index contributed by atoms with van der Waals surface area (Å²) in [5.74, 6) is -0.949. The van der Waals surface area contributed by atoms with Gasteiger partial charge in [0.2, 0.25) is 0 Å². The van der Waals surface area contributed by atoms with E-state index in [9.17, 15) is 13.2 Å². The number of rotatable bonds is 7. The summed E-state index contributed by atoms with van der Waals surface area (Å²) in [6.45, 7) is 9.17. The van der Waals surface area contributed by atoms with E-state index in [2.05, 4.69) is 0 Å². The predicted molar refractivity (Wildman–Crippen MR) is 67.5 cm³/mol. The molecule has 0 saturated heterocycles. The summed E-state index contributed by atoms with van der Waals surface area (Å²) in [5.41, 5.74) is -5.76. The molecule has 0 aliphatic heterocycles. The highest BCUT2D eigenvalue weighted by atomic mass is 19.2. The van der Waals surface area contributed by atoms with Crippen molar-refractivity contribution in [2.75, 3.05) is 0 Å². The van der Waals surface area contributed by atoms with Gasteiger partial charge in [0.05, 0.1) is 0 Å². The Bertz CT molecular complexity index is 236. The molecule has 0 rings (SSSR count). The zero-order chi connectivity index (χ0) is 13.9. The number of alkyl halides is 3. The molecule has 0 saturated carbocycles. The molecule has 0 amide bonds. The van der Waals surface area contributed by atoms with Crippen LogP contribution in [0.4, 0.5) is 13.2 Å². The largest absolute Gasteiger partial charge is 0.244 e. The Morgan fingerprint density at radius 2 is 1.41 bits per heavy atom. The van der Waals surface area contributed by atoms with Gasteiger partial charge >= 0.3 is 0 Å². The Morgan fingerprint density at radius 3 is 1.71 bits per heavy atom. The average Bonchev–Trinajstić information content (AvgIpc) is 2.26. The summed E-state index contributed by atoms with van der Waals surface area (Å²) in [5, 5.41) is 0. The Balaban J connectivity index is 5.24. The third-order valence-corrected chi connectivity index (χ3v) is 4.37. The fraction of sp³-hybridized carbons (Fsp3) is 1.00. The number of halogens is 3. The third-order valence-electron chi connectivity index (χ3n) is 4.37. The summed E-state index contributed by atoms with van der Waals surface area (Å²) in [6.07, 6.45) is 0.952. The van der Waals surface area contributed by atoms with Gasteiger partial charge in [-0.15, -0.1) is 0 Å². The van der Waals surface area contributed by atoms with Crippen LogP contribution in [0, 0.1) is 5.92 Å². The van der Waals surface area contributed by atoms with Gasteiger partial charge in [-0.05, 0) is 33.1 Å². The molecule has 0 bridgehead atoms. The quantitative estimate of drug-likeness (QED) is 0.568. The van der Waals surface area contributed by atoms with Crippen LogP contribution in [0.15, 0.2) is 0 Å². The molecular formula is C14H27F3. The molecule has 0 spiro atoms. The van der Waals surface area contributed by atoms with Gasteiger partial charge in [0.15, 0.2) is 0 Å². The number of hydrogen-bond acceptors (Lipinski definition) is 0. The summed E-state index contributed by atoms with van der Waals surface area (Å²) in [7, 11) is 0. The van der Waals surface area contributed by atoms with Crippen molar-refractivity contribution in [2.45, 2.75) is 84.2 Å². The zero-order valence-corrected chi connectivity index (χ0v) is 12.0. The second-order valence-electron chi connectivity index (χ2n) is 5.52. The lowest BCUT2D eigenvalue weighted by molar-refractivity contribution is -0.115. The monoisotopic (exact) mass is 252 g/mol. The van der Waals surface area contributed by atoms with Crippen LogP contribution >= 0.6 is 0 Å². The van der Waals surface area contributed by atoms with Crippen LogP contribution in [-0.2, 0) is 0 Å². The first-order valence-corrected chi connectivity index (χ1v) is 6.65. The summed E-state index contributed by atoms with van der Waals surface area (Å²) < 4.78 is 43.7. The molecule has 3 heteroatoms. The molecule has 4 atom stereocenters. The maximum Gasteiger partial charge on any atom is 0.149 e. The van der Waals surface area contributed by atoms with Gasteiger partial charge in [0.1, 0.15) is 17.0 Å². The van der Waals surface area contributed by atoms with Gasteiger partial charge in [-0.1, -0.05) is 34.1 Å². The van der Waals surface area contributed by atoms with Crippen LogP contribution in [0.1, 0.15) is 67.2 Å². The van der Waals surface area contributed by atoms with E-state index in [4.69, 9.17) is 0 Å². The maximum atomic E-state index is 14.9. The van der Waals surface area contributed by atoms with Crippen LogP contribution in [0.2, 0.25) is 0 Å². The zero-order valence-electron chi connectivity index (χ0n) is 12.0. The molecule has 0 fully saturated rings. The van der Waals surface area contributed by atoms with E-state index in [-0.39, 0.29) is 19.3 Å². The highest BCUT2D eigenvalue weighted by molar-refractivity contribution is 5.04. The second-order valence-corrected chi connectivity index (χ2v) is 5.52. The topological polar surface area (TPSA) is 0 Å². The lowest BCUT2D eigenvalue weighted by Gasteiger charge is -2.45. The minimum atomic E-state index is -2.11. The Morgan fingerprint density at radius 1 is 0.941 bits per heavy atom. The summed E-state index contributed by atoms with van der Waals surface area (Å²) >= 11 is 0. The van der Waals surface area contributed by atoms with Gasteiger partial charge in [-0.3, -0.25) is 0 Å². The van der Waals surface area contributed by atoms with Crippen molar-refractivity contribution in [1.29, 1.82) is 0 Å². The van der Waals surface area contributed by atoms with Gasteiger partial charge in [0.25, 0.3) is 0 Å². The van der Waals surface area contributed by atoms with E-state index in [1.54, 1.807) is 13.8 Å². The first kappa shape index (κ1) is 16.8. The van der Waals surface area contributed by atoms with Gasteiger partial charge in [-0.2, -0.15) is 0 Å². The van der Waals surface area contributed by atoms with Crippen molar-refractivity contribution in [3.8, 4) is 0 Å². The minimum Gasteiger partial charge on any atom is -0.244 e. The SMILES string of the molecule is CCCC(C)(F)C(C)C(F)(CC)C(C)(F)CC. The van der Waals surface area contributed by atoms with Crippen LogP contribution in [-0.4, -0.2) is 17.0 Å². The molecule has 0 aliphatic rings. The van der Waals surface area contributed by atoms with Crippen molar-refractivity contribution in [3.05, 3.63) is 0 Å². The van der Waals surface area contributed by atoms with E-state index in [0.717, 1.165) is 0 Å². The molecule has 0 aromatic carbocycles. The molecule has 17 heavy (non-hydrogen) atoms. The van der Waals surface area contributed by atoms with Crippen LogP contribution in [0.3, 0.4) is 0 Å². The molecule has 104 valence electrons.